The lowest BCUT2D eigenvalue weighted by molar-refractivity contribution is -0.956. The topological polar surface area (TPSA) is 122 Å². The maximum Gasteiger partial charge on any atom is 0.360 e. The highest BCUT2D eigenvalue weighted by Crippen LogP contribution is 2.47. The molecule has 8 nitrogen and oxygen atoms in total. The highest BCUT2D eigenvalue weighted by molar-refractivity contribution is 5.91. The Morgan fingerprint density at radius 1 is 0.892 bits per heavy atom. The number of quaternary nitrogens is 1. The Balaban J connectivity index is 1.48. The van der Waals surface area contributed by atoms with Crippen LogP contribution in [-0.2, 0) is 29.5 Å². The van der Waals surface area contributed by atoms with E-state index in [9.17, 15) is 14.4 Å². The number of ether oxygens (including phenoxy) is 2. The molecule has 3 heterocycles. The summed E-state index contributed by atoms with van der Waals surface area (Å²) in [6.07, 6.45) is 5.86. The van der Waals surface area contributed by atoms with E-state index in [1.165, 1.54) is 30.4 Å². The van der Waals surface area contributed by atoms with Crippen molar-refractivity contribution in [1.82, 2.24) is 0 Å². The molecule has 3 aliphatic heterocycles. The van der Waals surface area contributed by atoms with Crippen LogP contribution in [0.2, 0.25) is 0 Å². The molecule has 3 atom stereocenters. The molecule has 4 N–H and O–H groups in total. The summed E-state index contributed by atoms with van der Waals surface area (Å²) in [4.78, 5) is 38.8. The standard InChI is InChI=1S/C29H35N3O5/c30-25(19-26(31)33)27(34)37-29(20-9-3-1-4-10-20,21-11-5-2-6-12-21)28(35)36-24-17-22-13-14-23(18-24)32(22)15-7-8-16-32/h1-6,9-12,22-25H,7-8,13-19,30H2,(H-,31,33)/p+1/t22?,23?,24?,25-/m0/s1. The summed E-state index contributed by atoms with van der Waals surface area (Å²) in [5, 5.41) is 0. The van der Waals surface area contributed by atoms with Gasteiger partial charge in [0, 0.05) is 49.7 Å². The zero-order chi connectivity index (χ0) is 26.0. The monoisotopic (exact) mass is 506 g/mol. The largest absolute Gasteiger partial charge is 0.458 e. The molecule has 0 saturated carbocycles. The lowest BCUT2D eigenvalue weighted by Crippen LogP contribution is -2.60. The van der Waals surface area contributed by atoms with Gasteiger partial charge in [0.05, 0.1) is 31.6 Å². The molecule has 0 aliphatic carbocycles. The van der Waals surface area contributed by atoms with Crippen LogP contribution in [0.25, 0.3) is 0 Å². The van der Waals surface area contributed by atoms with Crippen molar-refractivity contribution >= 4 is 17.8 Å². The van der Waals surface area contributed by atoms with Crippen LogP contribution in [0.15, 0.2) is 60.7 Å². The van der Waals surface area contributed by atoms with Crippen LogP contribution in [-0.4, -0.2) is 59.6 Å². The molecule has 3 aliphatic rings. The zero-order valence-corrected chi connectivity index (χ0v) is 21.1. The van der Waals surface area contributed by atoms with Crippen LogP contribution in [0, 0.1) is 0 Å². The Labute approximate surface area is 217 Å². The van der Waals surface area contributed by atoms with Gasteiger partial charge < -0.3 is 25.4 Å². The first-order valence-corrected chi connectivity index (χ1v) is 13.3. The number of carbonyl (C=O) groups is 3. The van der Waals surface area contributed by atoms with Crippen LogP contribution in [0.3, 0.4) is 0 Å². The lowest BCUT2D eigenvalue weighted by atomic mass is 9.85. The number of benzene rings is 2. The molecule has 2 aromatic rings. The number of hydrogen-bond donors (Lipinski definition) is 2. The van der Waals surface area contributed by atoms with Gasteiger partial charge in [-0.15, -0.1) is 0 Å². The number of hydrogen-bond acceptors (Lipinski definition) is 6. The fourth-order valence-electron chi connectivity index (χ4n) is 6.98. The van der Waals surface area contributed by atoms with Gasteiger partial charge in [-0.05, 0) is 0 Å². The molecule has 3 saturated heterocycles. The molecule has 2 aromatic carbocycles. The van der Waals surface area contributed by atoms with E-state index in [4.69, 9.17) is 20.9 Å². The first-order valence-electron chi connectivity index (χ1n) is 13.3. The van der Waals surface area contributed by atoms with E-state index >= 15 is 0 Å². The van der Waals surface area contributed by atoms with Crippen molar-refractivity contribution in [2.24, 2.45) is 11.5 Å². The van der Waals surface area contributed by atoms with Gasteiger partial charge >= 0.3 is 11.9 Å². The number of nitrogens with two attached hydrogens (primary N) is 2. The van der Waals surface area contributed by atoms with E-state index < -0.39 is 29.5 Å². The summed E-state index contributed by atoms with van der Waals surface area (Å²) in [6.45, 7) is 2.45. The minimum absolute atomic E-state index is 0.251. The highest BCUT2D eigenvalue weighted by Gasteiger charge is 2.57. The van der Waals surface area contributed by atoms with Crippen LogP contribution < -0.4 is 11.5 Å². The Morgan fingerprint density at radius 2 is 1.41 bits per heavy atom. The minimum atomic E-state index is -1.87. The van der Waals surface area contributed by atoms with Gasteiger partial charge in [-0.3, -0.25) is 9.59 Å². The van der Waals surface area contributed by atoms with Crippen molar-refractivity contribution in [3.05, 3.63) is 71.8 Å². The van der Waals surface area contributed by atoms with Crippen molar-refractivity contribution in [3.8, 4) is 0 Å². The van der Waals surface area contributed by atoms with Crippen molar-refractivity contribution in [2.45, 2.75) is 74.8 Å². The quantitative estimate of drug-likeness (QED) is 0.419. The molecular formula is C29H36N3O5+. The zero-order valence-electron chi connectivity index (χ0n) is 21.1. The number of piperidine rings is 1. The fraction of sp³-hybridized carbons (Fsp3) is 0.483. The van der Waals surface area contributed by atoms with Crippen molar-refractivity contribution in [1.29, 1.82) is 0 Å². The SMILES string of the molecule is NC(=O)C[C@H](N)C(=O)OC(C(=O)OC1CC2CCC(C1)[N+]21CCCC1)(c1ccccc1)c1ccccc1. The van der Waals surface area contributed by atoms with E-state index in [0.717, 1.165) is 25.7 Å². The summed E-state index contributed by atoms with van der Waals surface area (Å²) < 4.78 is 13.4. The number of esters is 2. The van der Waals surface area contributed by atoms with Crippen molar-refractivity contribution < 1.29 is 28.3 Å². The second-order valence-corrected chi connectivity index (χ2v) is 10.8. The van der Waals surface area contributed by atoms with Gasteiger partial charge in [0.25, 0.3) is 5.60 Å². The van der Waals surface area contributed by atoms with Crippen LogP contribution >= 0.6 is 0 Å². The van der Waals surface area contributed by atoms with Crippen LogP contribution in [0.4, 0.5) is 0 Å². The van der Waals surface area contributed by atoms with E-state index in [1.54, 1.807) is 48.5 Å². The normalized spacial score (nSPS) is 24.9. The molecule has 3 fully saturated rings. The van der Waals surface area contributed by atoms with Gasteiger partial charge in [0.2, 0.25) is 5.91 Å². The van der Waals surface area contributed by atoms with Crippen LogP contribution in [0.1, 0.15) is 56.1 Å². The number of carbonyl (C=O) groups excluding carboxylic acids is 3. The summed E-state index contributed by atoms with van der Waals surface area (Å²) in [5.74, 6) is -2.27. The predicted octanol–water partition coefficient (Wildman–Crippen LogP) is 2.52. The van der Waals surface area contributed by atoms with Crippen LogP contribution in [0.5, 0.6) is 0 Å². The smallest absolute Gasteiger partial charge is 0.360 e. The fourth-order valence-corrected chi connectivity index (χ4v) is 6.98. The minimum Gasteiger partial charge on any atom is -0.458 e. The summed E-state index contributed by atoms with van der Waals surface area (Å²) in [6, 6.07) is 17.4. The Kier molecular flexibility index (Phi) is 7.05. The molecule has 0 radical (unpaired) electrons. The summed E-state index contributed by atoms with van der Waals surface area (Å²) in [7, 11) is 0. The van der Waals surface area contributed by atoms with Gasteiger partial charge in [0.15, 0.2) is 0 Å². The second kappa shape index (κ2) is 10.3. The molecule has 1 spiro atoms. The van der Waals surface area contributed by atoms with Gasteiger partial charge in [0.1, 0.15) is 12.1 Å². The number of primary amides is 1. The molecule has 8 heteroatoms. The molecule has 2 bridgehead atoms. The molecule has 2 unspecified atom stereocenters. The molecular weight excluding hydrogens is 470 g/mol. The Hall–Kier alpha value is -3.23. The predicted molar refractivity (Wildman–Crippen MR) is 137 cm³/mol. The van der Waals surface area contributed by atoms with E-state index in [0.29, 0.717) is 23.2 Å². The van der Waals surface area contributed by atoms with Gasteiger partial charge in [-0.2, -0.15) is 0 Å². The van der Waals surface area contributed by atoms with Crippen molar-refractivity contribution in [3.63, 3.8) is 0 Å². The third-order valence-electron chi connectivity index (χ3n) is 8.66. The molecule has 1 amide bonds. The van der Waals surface area contributed by atoms with Gasteiger partial charge in [-0.1, -0.05) is 60.7 Å². The maximum atomic E-state index is 14.2. The molecule has 37 heavy (non-hydrogen) atoms. The lowest BCUT2D eigenvalue weighted by Gasteiger charge is -2.47. The number of rotatable bonds is 8. The molecule has 0 aromatic heterocycles. The Bertz CT molecular complexity index is 1080. The maximum absolute atomic E-state index is 14.2. The van der Waals surface area contributed by atoms with Crippen molar-refractivity contribution in [2.75, 3.05) is 13.1 Å². The number of nitrogens with zero attached hydrogens (tertiary/aromatic N) is 1. The average molecular weight is 507 g/mol. The van der Waals surface area contributed by atoms with Gasteiger partial charge in [-0.25, -0.2) is 4.79 Å². The third-order valence-corrected chi connectivity index (χ3v) is 8.66. The van der Waals surface area contributed by atoms with E-state index in [2.05, 4.69) is 0 Å². The highest BCUT2D eigenvalue weighted by atomic mass is 16.6. The molecule has 5 rings (SSSR count). The third kappa shape index (κ3) is 4.64. The first kappa shape index (κ1) is 25.4. The average Bonchev–Trinajstić information content (AvgIpc) is 3.44. The summed E-state index contributed by atoms with van der Waals surface area (Å²) >= 11 is 0. The van der Waals surface area contributed by atoms with E-state index in [-0.39, 0.29) is 12.5 Å². The Morgan fingerprint density at radius 3 is 1.89 bits per heavy atom. The second-order valence-electron chi connectivity index (χ2n) is 10.8. The first-order chi connectivity index (χ1) is 17.8. The molecule has 196 valence electrons. The summed E-state index contributed by atoms with van der Waals surface area (Å²) in [5.41, 5.74) is 10.2. The number of amides is 1. The van der Waals surface area contributed by atoms with E-state index in [1.807, 2.05) is 12.1 Å².